The zero-order chi connectivity index (χ0) is 15.8. The molecule has 1 aromatic rings. The fraction of sp³-hybridized carbons (Fsp3) is 0.357. The number of hydrogen-bond donors (Lipinski definition) is 2. The number of nitrogen functional groups attached to an aromatic ring is 1. The van der Waals surface area contributed by atoms with Crippen molar-refractivity contribution in [3.8, 4) is 0 Å². The minimum atomic E-state index is -0.778. The van der Waals surface area contributed by atoms with Gasteiger partial charge in [0.25, 0.3) is 5.91 Å². The Morgan fingerprint density at radius 2 is 2.10 bits per heavy atom. The van der Waals surface area contributed by atoms with Gasteiger partial charge in [-0.1, -0.05) is 13.8 Å². The van der Waals surface area contributed by atoms with Crippen molar-refractivity contribution in [2.24, 2.45) is 11.3 Å². The third-order valence-electron chi connectivity index (χ3n) is 3.49. The molecular weight excluding hydrogens is 277 g/mol. The summed E-state index contributed by atoms with van der Waals surface area (Å²) in [5, 5.41) is 0. The lowest BCUT2D eigenvalue weighted by Gasteiger charge is -2.18. The average Bonchev–Trinajstić information content (AvgIpc) is 2.62. The number of rotatable bonds is 3. The van der Waals surface area contributed by atoms with Gasteiger partial charge in [0.2, 0.25) is 11.8 Å². The smallest absolute Gasteiger partial charge is 0.265 e. The van der Waals surface area contributed by atoms with Crippen LogP contribution >= 0.6 is 0 Å². The molecule has 0 aromatic heterocycles. The molecule has 1 heterocycles. The summed E-state index contributed by atoms with van der Waals surface area (Å²) in [7, 11) is 0. The number of nitrogens with one attached hydrogen (secondary N) is 1. The summed E-state index contributed by atoms with van der Waals surface area (Å²) in [4.78, 5) is 36.4. The van der Waals surface area contributed by atoms with Crippen LogP contribution < -0.4 is 11.3 Å². The first kappa shape index (κ1) is 15.1. The number of carbonyl (C=O) groups excluding carboxylic acids is 3. The van der Waals surface area contributed by atoms with Crippen LogP contribution in [0, 0.1) is 11.2 Å². The van der Waals surface area contributed by atoms with Crippen molar-refractivity contribution in [3.63, 3.8) is 0 Å². The largest absolute Gasteiger partial charge is 0.290 e. The number of benzene rings is 1. The lowest BCUT2D eigenvalue weighted by molar-refractivity contribution is -0.141. The average molecular weight is 293 g/mol. The van der Waals surface area contributed by atoms with E-state index in [9.17, 15) is 18.8 Å². The third kappa shape index (κ3) is 2.78. The molecule has 0 bridgehead atoms. The molecule has 0 atom stereocenters. The number of likely N-dealkylation sites (tertiary alicyclic amines) is 1. The molecule has 0 aliphatic carbocycles. The molecular formula is C14H16FN3O3. The Morgan fingerprint density at radius 1 is 1.43 bits per heavy atom. The summed E-state index contributed by atoms with van der Waals surface area (Å²) in [6, 6.07) is 3.66. The second-order valence-electron chi connectivity index (χ2n) is 5.63. The molecule has 6 nitrogen and oxygen atoms in total. The minimum Gasteiger partial charge on any atom is -0.290 e. The molecule has 112 valence electrons. The van der Waals surface area contributed by atoms with Crippen LogP contribution in [0.15, 0.2) is 18.2 Å². The number of hydrazine groups is 1. The zero-order valence-corrected chi connectivity index (χ0v) is 11.8. The second-order valence-corrected chi connectivity index (χ2v) is 5.63. The van der Waals surface area contributed by atoms with E-state index in [4.69, 9.17) is 5.84 Å². The van der Waals surface area contributed by atoms with Crippen LogP contribution in [-0.2, 0) is 16.1 Å². The van der Waals surface area contributed by atoms with E-state index >= 15 is 0 Å². The van der Waals surface area contributed by atoms with Gasteiger partial charge in [0.1, 0.15) is 5.82 Å². The van der Waals surface area contributed by atoms with E-state index in [1.165, 1.54) is 12.1 Å². The van der Waals surface area contributed by atoms with E-state index in [1.54, 1.807) is 13.8 Å². The van der Waals surface area contributed by atoms with Crippen LogP contribution in [0.5, 0.6) is 0 Å². The van der Waals surface area contributed by atoms with Gasteiger partial charge < -0.3 is 0 Å². The molecule has 1 aromatic carbocycles. The standard InChI is InChI=1S/C14H16FN3O3/c1-14(2)6-11(19)18(13(14)21)7-9-5-8(12(20)17-16)3-4-10(9)15/h3-5H,6-7,16H2,1-2H3,(H,17,20). The van der Waals surface area contributed by atoms with Crippen LogP contribution in [0.25, 0.3) is 0 Å². The topological polar surface area (TPSA) is 92.5 Å². The Balaban J connectivity index is 2.30. The van der Waals surface area contributed by atoms with Crippen molar-refractivity contribution in [2.75, 3.05) is 0 Å². The summed E-state index contributed by atoms with van der Waals surface area (Å²) in [5.41, 5.74) is 1.42. The Hall–Kier alpha value is -2.28. The molecule has 1 fully saturated rings. The SMILES string of the molecule is CC1(C)CC(=O)N(Cc2cc(C(=O)NN)ccc2F)C1=O. The number of amides is 3. The number of imide groups is 1. The van der Waals surface area contributed by atoms with Crippen molar-refractivity contribution in [2.45, 2.75) is 26.8 Å². The lowest BCUT2D eigenvalue weighted by Crippen LogP contribution is -2.33. The van der Waals surface area contributed by atoms with Gasteiger partial charge in [0, 0.05) is 17.5 Å². The van der Waals surface area contributed by atoms with Gasteiger partial charge in [-0.05, 0) is 18.2 Å². The van der Waals surface area contributed by atoms with E-state index in [2.05, 4.69) is 0 Å². The van der Waals surface area contributed by atoms with Gasteiger partial charge in [-0.25, -0.2) is 10.2 Å². The van der Waals surface area contributed by atoms with Crippen molar-refractivity contribution in [1.29, 1.82) is 0 Å². The molecule has 3 amide bonds. The Bertz CT molecular complexity index is 628. The molecule has 1 aliphatic heterocycles. The van der Waals surface area contributed by atoms with Gasteiger partial charge in [-0.3, -0.25) is 24.7 Å². The van der Waals surface area contributed by atoms with Gasteiger partial charge in [0.05, 0.1) is 12.0 Å². The van der Waals surface area contributed by atoms with Crippen molar-refractivity contribution < 1.29 is 18.8 Å². The second kappa shape index (κ2) is 5.25. The minimum absolute atomic E-state index is 0.0931. The zero-order valence-electron chi connectivity index (χ0n) is 11.8. The maximum atomic E-state index is 13.8. The van der Waals surface area contributed by atoms with Crippen LogP contribution in [-0.4, -0.2) is 22.6 Å². The summed E-state index contributed by atoms with van der Waals surface area (Å²) in [5.74, 6) is 3.17. The molecule has 1 saturated heterocycles. The maximum absolute atomic E-state index is 13.8. The number of nitrogens with zero attached hydrogens (tertiary/aromatic N) is 1. The first-order valence-corrected chi connectivity index (χ1v) is 6.40. The van der Waals surface area contributed by atoms with E-state index < -0.39 is 17.1 Å². The molecule has 0 unspecified atom stereocenters. The number of halogens is 1. The highest BCUT2D eigenvalue weighted by molar-refractivity contribution is 6.05. The lowest BCUT2D eigenvalue weighted by atomic mass is 9.92. The highest BCUT2D eigenvalue weighted by Crippen LogP contribution is 2.32. The van der Waals surface area contributed by atoms with Gasteiger partial charge in [-0.2, -0.15) is 0 Å². The molecule has 7 heteroatoms. The van der Waals surface area contributed by atoms with Gasteiger partial charge >= 0.3 is 0 Å². The summed E-state index contributed by atoms with van der Waals surface area (Å²) < 4.78 is 13.8. The van der Waals surface area contributed by atoms with Gasteiger partial charge in [-0.15, -0.1) is 0 Å². The summed E-state index contributed by atoms with van der Waals surface area (Å²) in [6.07, 6.45) is 0.0937. The summed E-state index contributed by atoms with van der Waals surface area (Å²) >= 11 is 0. The fourth-order valence-corrected chi connectivity index (χ4v) is 2.28. The highest BCUT2D eigenvalue weighted by atomic mass is 19.1. The van der Waals surface area contributed by atoms with E-state index in [-0.39, 0.29) is 35.9 Å². The predicted octanol–water partition coefficient (Wildman–Crippen LogP) is 0.714. The molecule has 0 spiro atoms. The monoisotopic (exact) mass is 293 g/mol. The Morgan fingerprint density at radius 3 is 2.62 bits per heavy atom. The van der Waals surface area contributed by atoms with Crippen molar-refractivity contribution in [1.82, 2.24) is 10.3 Å². The quantitative estimate of drug-likeness (QED) is 0.371. The van der Waals surface area contributed by atoms with Crippen LogP contribution in [0.1, 0.15) is 36.2 Å². The number of carbonyl (C=O) groups is 3. The maximum Gasteiger partial charge on any atom is 0.265 e. The highest BCUT2D eigenvalue weighted by Gasteiger charge is 2.44. The Kier molecular flexibility index (Phi) is 3.78. The number of nitrogens with two attached hydrogens (primary N) is 1. The van der Waals surface area contributed by atoms with Crippen LogP contribution in [0.3, 0.4) is 0 Å². The van der Waals surface area contributed by atoms with E-state index in [0.717, 1.165) is 11.0 Å². The van der Waals surface area contributed by atoms with E-state index in [1.807, 2.05) is 5.43 Å². The molecule has 0 radical (unpaired) electrons. The van der Waals surface area contributed by atoms with E-state index in [0.29, 0.717) is 0 Å². The summed E-state index contributed by atoms with van der Waals surface area (Å²) in [6.45, 7) is 3.14. The first-order chi connectivity index (χ1) is 9.76. The van der Waals surface area contributed by atoms with Crippen LogP contribution in [0.4, 0.5) is 4.39 Å². The molecule has 0 saturated carbocycles. The normalized spacial score (nSPS) is 17.2. The first-order valence-electron chi connectivity index (χ1n) is 6.40. The fourth-order valence-electron chi connectivity index (χ4n) is 2.28. The van der Waals surface area contributed by atoms with Crippen molar-refractivity contribution >= 4 is 17.7 Å². The number of hydrogen-bond acceptors (Lipinski definition) is 4. The molecule has 3 N–H and O–H groups in total. The molecule has 2 rings (SSSR count). The van der Waals surface area contributed by atoms with Crippen molar-refractivity contribution in [3.05, 3.63) is 35.1 Å². The Labute approximate surface area is 121 Å². The molecule has 21 heavy (non-hydrogen) atoms. The molecule has 1 aliphatic rings. The third-order valence-corrected chi connectivity index (χ3v) is 3.49. The van der Waals surface area contributed by atoms with Crippen LogP contribution in [0.2, 0.25) is 0 Å². The van der Waals surface area contributed by atoms with Gasteiger partial charge in [0.15, 0.2) is 0 Å². The predicted molar refractivity (Wildman–Crippen MR) is 72.0 cm³/mol.